The zero-order valence-corrected chi connectivity index (χ0v) is 6.12. The van der Waals surface area contributed by atoms with Gasteiger partial charge in [0.15, 0.2) is 0 Å². The Morgan fingerprint density at radius 1 is 1.36 bits per heavy atom. The highest BCUT2D eigenvalue weighted by atomic mass is 19.4. The molecule has 1 heterocycles. The van der Waals surface area contributed by atoms with Gasteiger partial charge in [0.25, 0.3) is 0 Å². The van der Waals surface area contributed by atoms with Crippen LogP contribution in [0.2, 0.25) is 5.31 Å². The summed E-state index contributed by atoms with van der Waals surface area (Å²) in [6.07, 6.45) is 0.685. The molecule has 0 aromatic rings. The van der Waals surface area contributed by atoms with Gasteiger partial charge >= 0.3 is 6.98 Å². The lowest BCUT2D eigenvalue weighted by molar-refractivity contribution is 0.372. The maximum absolute atomic E-state index is 12.4. The lowest BCUT2D eigenvalue weighted by atomic mass is 9.64. The van der Waals surface area contributed by atoms with Crippen molar-refractivity contribution in [2.45, 2.75) is 18.2 Å². The van der Waals surface area contributed by atoms with E-state index >= 15 is 0 Å². The monoisotopic (exact) mass is 164 g/mol. The zero-order valence-electron chi connectivity index (χ0n) is 6.12. The van der Waals surface area contributed by atoms with Crippen molar-refractivity contribution >= 4 is 6.98 Å². The minimum atomic E-state index is -4.58. The minimum Gasteiger partial charge on any atom is -0.449 e. The highest BCUT2D eigenvalue weighted by Crippen LogP contribution is 2.69. The highest BCUT2D eigenvalue weighted by Gasteiger charge is 2.65. The van der Waals surface area contributed by atoms with Gasteiger partial charge in [0, 0.05) is 0 Å². The van der Waals surface area contributed by atoms with Crippen molar-refractivity contribution in [3.05, 3.63) is 0 Å². The Balaban J connectivity index is 2.13. The van der Waals surface area contributed by atoms with Crippen molar-refractivity contribution in [2.75, 3.05) is 13.1 Å². The van der Waals surface area contributed by atoms with Gasteiger partial charge in [-0.25, -0.2) is 0 Å². The summed E-state index contributed by atoms with van der Waals surface area (Å²) in [4.78, 5) is 0. The number of piperidine rings is 1. The smallest absolute Gasteiger partial charge is 0.449 e. The Morgan fingerprint density at radius 3 is 2.55 bits per heavy atom. The van der Waals surface area contributed by atoms with E-state index in [-0.39, 0.29) is 5.92 Å². The molecule has 1 saturated carbocycles. The van der Waals surface area contributed by atoms with Crippen LogP contribution in [-0.2, 0) is 0 Å². The van der Waals surface area contributed by atoms with E-state index in [9.17, 15) is 12.9 Å². The predicted octanol–water partition coefficient (Wildman–Crippen LogP) is 1.59. The molecular weight excluding hydrogens is 154 g/mol. The van der Waals surface area contributed by atoms with Crippen molar-refractivity contribution in [1.82, 2.24) is 5.32 Å². The van der Waals surface area contributed by atoms with E-state index in [1.54, 1.807) is 0 Å². The van der Waals surface area contributed by atoms with E-state index in [0.29, 0.717) is 25.9 Å². The van der Waals surface area contributed by atoms with Gasteiger partial charge in [0.1, 0.15) is 0 Å². The molecule has 1 saturated heterocycles. The van der Waals surface area contributed by atoms with E-state index < -0.39 is 12.3 Å². The quantitative estimate of drug-likeness (QED) is 0.580. The van der Waals surface area contributed by atoms with Crippen molar-refractivity contribution in [2.24, 2.45) is 5.92 Å². The summed E-state index contributed by atoms with van der Waals surface area (Å²) in [5.74, 6) is -0.101. The van der Waals surface area contributed by atoms with E-state index in [2.05, 4.69) is 5.32 Å². The van der Waals surface area contributed by atoms with Gasteiger partial charge in [-0.1, -0.05) is 18.2 Å². The normalized spacial score (nSPS) is 43.4. The number of hydrogen-bond donors (Lipinski definition) is 1. The molecule has 0 aromatic carbocycles. The first kappa shape index (κ1) is 7.46. The molecule has 11 heavy (non-hydrogen) atoms. The van der Waals surface area contributed by atoms with Crippen molar-refractivity contribution < 1.29 is 12.9 Å². The third kappa shape index (κ3) is 0.899. The first-order valence-corrected chi connectivity index (χ1v) is 3.96. The second-order valence-corrected chi connectivity index (χ2v) is 3.66. The minimum absolute atomic E-state index is 0.101. The van der Waals surface area contributed by atoms with Crippen molar-refractivity contribution in [1.29, 1.82) is 0 Å². The number of hydrogen-bond acceptors (Lipinski definition) is 1. The lowest BCUT2D eigenvalue weighted by Gasteiger charge is -2.31. The highest BCUT2D eigenvalue weighted by molar-refractivity contribution is 6.63. The summed E-state index contributed by atoms with van der Waals surface area (Å²) in [5, 5.41) is 1.77. The van der Waals surface area contributed by atoms with Crippen LogP contribution in [0.25, 0.3) is 0 Å². The standard InChI is InChI=1S/C6H10BF3N/c8-7(9,10)6-1-2-11-4-5(6)3-6/h5,11H,1-4H2/q-1. The van der Waals surface area contributed by atoms with Gasteiger partial charge in [-0.3, -0.25) is 0 Å². The fourth-order valence-electron chi connectivity index (χ4n) is 2.14. The average molecular weight is 164 g/mol. The molecule has 1 aliphatic carbocycles. The van der Waals surface area contributed by atoms with Crippen LogP contribution in [0, 0.1) is 5.92 Å². The lowest BCUT2D eigenvalue weighted by Crippen LogP contribution is -2.36. The van der Waals surface area contributed by atoms with Crippen LogP contribution in [0.4, 0.5) is 12.9 Å². The van der Waals surface area contributed by atoms with E-state index in [4.69, 9.17) is 0 Å². The Bertz CT molecular complexity index is 181. The van der Waals surface area contributed by atoms with E-state index in [1.165, 1.54) is 0 Å². The van der Waals surface area contributed by atoms with Crippen molar-refractivity contribution in [3.8, 4) is 0 Å². The third-order valence-corrected chi connectivity index (χ3v) is 3.09. The molecule has 2 unspecified atom stereocenters. The number of fused-ring (bicyclic) bond motifs is 1. The van der Waals surface area contributed by atoms with Gasteiger partial charge in [0.05, 0.1) is 0 Å². The molecular formula is C6H10BF3N-. The van der Waals surface area contributed by atoms with Crippen LogP contribution in [0.15, 0.2) is 0 Å². The summed E-state index contributed by atoms with van der Waals surface area (Å²) in [6, 6.07) is 0. The number of halogens is 3. The molecule has 5 heteroatoms. The van der Waals surface area contributed by atoms with E-state index in [1.807, 2.05) is 0 Å². The maximum Gasteiger partial charge on any atom is 0.484 e. The Morgan fingerprint density at radius 2 is 2.09 bits per heavy atom. The second-order valence-electron chi connectivity index (χ2n) is 3.66. The van der Waals surface area contributed by atoms with Crippen molar-refractivity contribution in [3.63, 3.8) is 0 Å². The van der Waals surface area contributed by atoms with Crippen LogP contribution < -0.4 is 5.32 Å². The SMILES string of the molecule is F[B-](F)(F)C12CCNCC1C2. The number of rotatable bonds is 1. The summed E-state index contributed by atoms with van der Waals surface area (Å²) in [7, 11) is 0. The molecule has 0 spiro atoms. The van der Waals surface area contributed by atoms with Gasteiger partial charge in [-0.05, 0) is 19.0 Å². The summed E-state index contributed by atoms with van der Waals surface area (Å²) in [6.45, 7) is -3.47. The molecule has 1 aliphatic heterocycles. The van der Waals surface area contributed by atoms with Crippen LogP contribution >= 0.6 is 0 Å². The van der Waals surface area contributed by atoms with Crippen LogP contribution in [0.5, 0.6) is 0 Å². The topological polar surface area (TPSA) is 12.0 Å². The number of nitrogens with one attached hydrogen (secondary N) is 1. The molecule has 2 atom stereocenters. The zero-order chi connectivity index (χ0) is 8.11. The molecule has 2 rings (SSSR count). The predicted molar refractivity (Wildman–Crippen MR) is 37.4 cm³/mol. The second kappa shape index (κ2) is 1.94. The summed E-state index contributed by atoms with van der Waals surface area (Å²) in [5.41, 5.74) is 0. The largest absolute Gasteiger partial charge is 0.484 e. The molecule has 0 bridgehead atoms. The molecule has 0 radical (unpaired) electrons. The molecule has 2 aliphatic rings. The van der Waals surface area contributed by atoms with Gasteiger partial charge < -0.3 is 18.3 Å². The first-order valence-electron chi connectivity index (χ1n) is 3.96. The maximum atomic E-state index is 12.4. The van der Waals surface area contributed by atoms with Gasteiger partial charge in [-0.15, -0.1) is 0 Å². The van der Waals surface area contributed by atoms with Crippen LogP contribution in [-0.4, -0.2) is 20.1 Å². The average Bonchev–Trinajstić information content (AvgIpc) is 2.59. The molecule has 1 nitrogen and oxygen atoms in total. The fourth-order valence-corrected chi connectivity index (χ4v) is 2.14. The first-order chi connectivity index (χ1) is 5.06. The Labute approximate surface area is 63.4 Å². The van der Waals surface area contributed by atoms with Crippen LogP contribution in [0.3, 0.4) is 0 Å². The Kier molecular flexibility index (Phi) is 1.32. The Hall–Kier alpha value is -0.185. The molecule has 0 aromatic heterocycles. The molecule has 64 valence electrons. The van der Waals surface area contributed by atoms with Crippen LogP contribution in [0.1, 0.15) is 12.8 Å². The summed E-state index contributed by atoms with van der Waals surface area (Å²) >= 11 is 0. The summed E-state index contributed by atoms with van der Waals surface area (Å²) < 4.78 is 37.2. The fraction of sp³-hybridized carbons (Fsp3) is 1.00. The van der Waals surface area contributed by atoms with Gasteiger partial charge in [-0.2, -0.15) is 0 Å². The van der Waals surface area contributed by atoms with Gasteiger partial charge in [0.2, 0.25) is 0 Å². The third-order valence-electron chi connectivity index (χ3n) is 3.09. The molecule has 1 N–H and O–H groups in total. The van der Waals surface area contributed by atoms with E-state index in [0.717, 1.165) is 0 Å². The molecule has 2 fully saturated rings. The molecule has 0 amide bonds.